The highest BCUT2D eigenvalue weighted by Crippen LogP contribution is 2.48. The number of nitro benzene ring substituents is 1. The molecule has 0 radical (unpaired) electrons. The molecule has 2 atom stereocenters. The van der Waals surface area contributed by atoms with Crippen molar-refractivity contribution < 1.29 is 14.5 Å². The lowest BCUT2D eigenvalue weighted by molar-refractivity contribution is -0.384. The van der Waals surface area contributed by atoms with Gasteiger partial charge in [0.05, 0.1) is 17.6 Å². The Morgan fingerprint density at radius 1 is 1.29 bits per heavy atom. The van der Waals surface area contributed by atoms with Gasteiger partial charge in [-0.05, 0) is 36.8 Å². The zero-order valence-electron chi connectivity index (χ0n) is 12.9. The second-order valence-electron chi connectivity index (χ2n) is 5.38. The number of esters is 1. The molecule has 1 aliphatic rings. The maximum atomic E-state index is 12.3. The molecule has 1 saturated heterocycles. The number of hydrogen-bond donors (Lipinski definition) is 0. The van der Waals surface area contributed by atoms with E-state index < -0.39 is 11.0 Å². The van der Waals surface area contributed by atoms with Crippen LogP contribution in [-0.2, 0) is 9.53 Å². The molecular weight excluding hydrogens is 376 g/mol. The number of carbonyl (C=O) groups excluding carboxylic acids is 1. The van der Waals surface area contributed by atoms with Gasteiger partial charge in [0.25, 0.3) is 5.69 Å². The van der Waals surface area contributed by atoms with Crippen LogP contribution in [0.4, 0.5) is 11.4 Å². The van der Waals surface area contributed by atoms with Crippen LogP contribution >= 0.6 is 15.9 Å². The summed E-state index contributed by atoms with van der Waals surface area (Å²) in [5.41, 5.74) is 1.61. The molecule has 2 aromatic carbocycles. The Labute approximate surface area is 147 Å². The number of anilines is 1. The summed E-state index contributed by atoms with van der Waals surface area (Å²) in [6, 6.07) is 13.2. The smallest absolute Gasteiger partial charge is 0.331 e. The number of benzene rings is 2. The molecule has 0 amide bonds. The third-order valence-corrected chi connectivity index (χ3v) is 4.41. The summed E-state index contributed by atoms with van der Waals surface area (Å²) >= 11 is 3.38. The fourth-order valence-electron chi connectivity index (χ4n) is 2.80. The van der Waals surface area contributed by atoms with Crippen molar-refractivity contribution in [2.24, 2.45) is 0 Å². The predicted octanol–water partition coefficient (Wildman–Crippen LogP) is 3.85. The molecular formula is C17H15BrN2O4. The molecule has 1 heterocycles. The van der Waals surface area contributed by atoms with Gasteiger partial charge in [-0.1, -0.05) is 28.1 Å². The Bertz CT molecular complexity index is 778. The van der Waals surface area contributed by atoms with Crippen LogP contribution in [-0.4, -0.2) is 23.5 Å². The number of nitrogens with zero attached hydrogens (tertiary/aromatic N) is 2. The average Bonchev–Trinajstić information content (AvgIpc) is 3.31. The van der Waals surface area contributed by atoms with Gasteiger partial charge in [0.2, 0.25) is 0 Å². The van der Waals surface area contributed by atoms with Crippen LogP contribution in [0.3, 0.4) is 0 Å². The second-order valence-corrected chi connectivity index (χ2v) is 6.29. The summed E-state index contributed by atoms with van der Waals surface area (Å²) in [5.74, 6) is -0.322. The number of hydrogen-bond acceptors (Lipinski definition) is 5. The predicted molar refractivity (Wildman–Crippen MR) is 92.9 cm³/mol. The number of carbonyl (C=O) groups is 1. The molecule has 3 rings (SSSR count). The molecule has 0 spiro atoms. The first-order valence-corrected chi connectivity index (χ1v) is 8.27. The first kappa shape index (κ1) is 16.4. The van der Waals surface area contributed by atoms with Crippen molar-refractivity contribution in [2.45, 2.75) is 19.0 Å². The van der Waals surface area contributed by atoms with E-state index >= 15 is 0 Å². The lowest BCUT2D eigenvalue weighted by atomic mass is 10.1. The van der Waals surface area contributed by atoms with E-state index in [1.165, 1.54) is 12.1 Å². The third-order valence-electron chi connectivity index (χ3n) is 3.88. The first-order valence-electron chi connectivity index (χ1n) is 7.48. The van der Waals surface area contributed by atoms with Gasteiger partial charge in [-0.2, -0.15) is 0 Å². The molecule has 6 nitrogen and oxygen atoms in total. The quantitative estimate of drug-likeness (QED) is 0.335. The summed E-state index contributed by atoms with van der Waals surface area (Å²) < 4.78 is 6.08. The van der Waals surface area contributed by atoms with Gasteiger partial charge < -0.3 is 9.64 Å². The van der Waals surface area contributed by atoms with E-state index in [1.807, 2.05) is 29.2 Å². The van der Waals surface area contributed by atoms with Crippen molar-refractivity contribution in [3.63, 3.8) is 0 Å². The minimum atomic E-state index is -0.465. The number of non-ortho nitro benzene ring substituents is 1. The zero-order chi connectivity index (χ0) is 17.3. The summed E-state index contributed by atoms with van der Waals surface area (Å²) in [7, 11) is 0. The summed E-state index contributed by atoms with van der Waals surface area (Å²) in [6.45, 7) is 2.05. The highest BCUT2D eigenvalue weighted by atomic mass is 79.9. The van der Waals surface area contributed by atoms with Gasteiger partial charge in [-0.15, -0.1) is 0 Å². The van der Waals surface area contributed by atoms with E-state index in [-0.39, 0.29) is 17.7 Å². The fraction of sp³-hybridized carbons (Fsp3) is 0.235. The van der Waals surface area contributed by atoms with Crippen LogP contribution < -0.4 is 4.90 Å². The standard InChI is InChI=1S/C17H15BrN2O4/c1-2-24-17(21)16-15(11-4-3-5-14(10-11)20(22)23)19(16)13-8-6-12(18)7-9-13/h3-10,15-16H,2H2,1H3/t15-,16-,19?/m1/s1. The number of halogens is 1. The van der Waals surface area contributed by atoms with Gasteiger partial charge in [-0.25, -0.2) is 4.79 Å². The lowest BCUT2D eigenvalue weighted by Gasteiger charge is -2.06. The van der Waals surface area contributed by atoms with Crippen molar-refractivity contribution in [1.29, 1.82) is 0 Å². The molecule has 0 unspecified atom stereocenters. The highest BCUT2D eigenvalue weighted by Gasteiger charge is 2.54. The van der Waals surface area contributed by atoms with E-state index in [0.717, 1.165) is 15.7 Å². The molecule has 1 fully saturated rings. The lowest BCUT2D eigenvalue weighted by Crippen LogP contribution is -2.15. The fourth-order valence-corrected chi connectivity index (χ4v) is 3.07. The van der Waals surface area contributed by atoms with Crippen LogP contribution in [0.5, 0.6) is 0 Å². The van der Waals surface area contributed by atoms with Crippen LogP contribution in [0, 0.1) is 10.1 Å². The summed E-state index contributed by atoms with van der Waals surface area (Å²) in [6.07, 6.45) is 0. The Balaban J connectivity index is 1.94. The molecule has 2 aromatic rings. The topological polar surface area (TPSA) is 72.5 Å². The summed E-state index contributed by atoms with van der Waals surface area (Å²) in [4.78, 5) is 24.7. The zero-order valence-corrected chi connectivity index (χ0v) is 14.5. The molecule has 0 bridgehead atoms. The van der Waals surface area contributed by atoms with Gasteiger partial charge >= 0.3 is 5.97 Å². The van der Waals surface area contributed by atoms with Crippen molar-refractivity contribution in [3.8, 4) is 0 Å². The maximum Gasteiger partial charge on any atom is 0.331 e. The summed E-state index contributed by atoms with van der Waals surface area (Å²) in [5, 5.41) is 11.0. The minimum absolute atomic E-state index is 0.0118. The molecule has 124 valence electrons. The van der Waals surface area contributed by atoms with Crippen LogP contribution in [0.2, 0.25) is 0 Å². The van der Waals surface area contributed by atoms with Gasteiger partial charge in [0.1, 0.15) is 0 Å². The SMILES string of the molecule is CCOC(=O)[C@H]1[C@@H](c2cccc([N+](=O)[O-])c2)N1c1ccc(Br)cc1. The minimum Gasteiger partial charge on any atom is -0.464 e. The van der Waals surface area contributed by atoms with E-state index in [0.29, 0.717) is 6.61 Å². The van der Waals surface area contributed by atoms with Gasteiger partial charge in [-0.3, -0.25) is 10.1 Å². The molecule has 24 heavy (non-hydrogen) atoms. The molecule has 0 saturated carbocycles. The Morgan fingerprint density at radius 2 is 2.00 bits per heavy atom. The molecule has 0 aromatic heterocycles. The van der Waals surface area contributed by atoms with E-state index in [2.05, 4.69) is 15.9 Å². The molecule has 7 heteroatoms. The second kappa shape index (κ2) is 6.60. The van der Waals surface area contributed by atoms with E-state index in [9.17, 15) is 14.9 Å². The van der Waals surface area contributed by atoms with Crippen molar-refractivity contribution in [2.75, 3.05) is 11.5 Å². The molecule has 0 aliphatic carbocycles. The van der Waals surface area contributed by atoms with Crippen molar-refractivity contribution in [1.82, 2.24) is 0 Å². The number of rotatable bonds is 5. The highest BCUT2D eigenvalue weighted by molar-refractivity contribution is 9.10. The van der Waals surface area contributed by atoms with Crippen molar-refractivity contribution >= 4 is 33.3 Å². The number of ether oxygens (including phenoxy) is 1. The van der Waals surface area contributed by atoms with Crippen LogP contribution in [0.1, 0.15) is 18.5 Å². The largest absolute Gasteiger partial charge is 0.464 e. The maximum absolute atomic E-state index is 12.3. The monoisotopic (exact) mass is 390 g/mol. The number of nitro groups is 1. The van der Waals surface area contributed by atoms with Gasteiger partial charge in [0, 0.05) is 22.3 Å². The van der Waals surface area contributed by atoms with Gasteiger partial charge in [0.15, 0.2) is 6.04 Å². The van der Waals surface area contributed by atoms with E-state index in [1.54, 1.807) is 19.1 Å². The van der Waals surface area contributed by atoms with Crippen molar-refractivity contribution in [3.05, 3.63) is 68.7 Å². The Morgan fingerprint density at radius 3 is 2.62 bits per heavy atom. The average molecular weight is 391 g/mol. The van der Waals surface area contributed by atoms with E-state index in [4.69, 9.17) is 4.74 Å². The molecule has 1 aliphatic heterocycles. The first-order chi connectivity index (χ1) is 11.5. The van der Waals surface area contributed by atoms with Crippen LogP contribution in [0.25, 0.3) is 0 Å². The Kier molecular flexibility index (Phi) is 4.53. The normalized spacial score (nSPS) is 19.0. The molecule has 0 N–H and O–H groups in total. The third kappa shape index (κ3) is 3.12. The van der Waals surface area contributed by atoms with Crippen LogP contribution in [0.15, 0.2) is 53.0 Å². The Hall–Kier alpha value is -2.41.